The Morgan fingerprint density at radius 1 is 0.903 bits per heavy atom. The number of carbonyl (C=O) groups is 1. The molecule has 0 unspecified atom stereocenters. The van der Waals surface area contributed by atoms with E-state index in [9.17, 15) is 4.79 Å². The van der Waals surface area contributed by atoms with E-state index in [0.717, 1.165) is 44.5 Å². The lowest BCUT2D eigenvalue weighted by atomic mass is 9.68. The molecule has 0 N–H and O–H groups in total. The van der Waals surface area contributed by atoms with Gasteiger partial charge < -0.3 is 4.90 Å². The van der Waals surface area contributed by atoms with Crippen LogP contribution in [0.4, 0.5) is 10.5 Å². The first-order valence-corrected chi connectivity index (χ1v) is 11.9. The number of benzene rings is 2. The zero-order valence-electron chi connectivity index (χ0n) is 19.0. The number of hydrogen-bond acceptors (Lipinski definition) is 2. The van der Waals surface area contributed by atoms with Gasteiger partial charge in [0.1, 0.15) is 0 Å². The van der Waals surface area contributed by atoms with Gasteiger partial charge in [-0.05, 0) is 76.2 Å². The topological polar surface area (TPSA) is 26.8 Å². The van der Waals surface area contributed by atoms with Crippen LogP contribution in [0.5, 0.6) is 0 Å². The molecule has 164 valence electrons. The van der Waals surface area contributed by atoms with Crippen molar-refractivity contribution in [1.29, 1.82) is 0 Å². The summed E-state index contributed by atoms with van der Waals surface area (Å²) in [6.07, 6.45) is 8.15. The third-order valence-corrected chi connectivity index (χ3v) is 8.40. The molecule has 4 nitrogen and oxygen atoms in total. The van der Waals surface area contributed by atoms with Crippen LogP contribution in [0.1, 0.15) is 50.5 Å². The number of urea groups is 1. The Balaban J connectivity index is 1.44. The first-order chi connectivity index (χ1) is 15.0. The van der Waals surface area contributed by atoms with Crippen LogP contribution in [-0.2, 0) is 5.54 Å². The number of nitrogens with zero attached hydrogens (tertiary/aromatic N) is 3. The van der Waals surface area contributed by atoms with Crippen molar-refractivity contribution in [3.05, 3.63) is 66.2 Å². The first-order valence-electron chi connectivity index (χ1n) is 11.9. The lowest BCUT2D eigenvalue weighted by Gasteiger charge is -2.51. The molecule has 1 heterocycles. The average molecular weight is 418 g/mol. The molecule has 2 amide bonds. The highest BCUT2D eigenvalue weighted by Gasteiger charge is 2.55. The molecule has 3 aliphatic rings. The number of para-hydroxylation sites is 1. The average Bonchev–Trinajstić information content (AvgIpc) is 3.04. The summed E-state index contributed by atoms with van der Waals surface area (Å²) >= 11 is 0. The van der Waals surface area contributed by atoms with Crippen LogP contribution in [0.3, 0.4) is 0 Å². The first kappa shape index (κ1) is 20.6. The molecular weight excluding hydrogens is 382 g/mol. The fourth-order valence-electron chi connectivity index (χ4n) is 6.11. The van der Waals surface area contributed by atoms with E-state index in [0.29, 0.717) is 5.92 Å². The van der Waals surface area contributed by atoms with Crippen molar-refractivity contribution >= 4 is 11.7 Å². The predicted molar refractivity (Wildman–Crippen MR) is 126 cm³/mol. The van der Waals surface area contributed by atoms with Crippen molar-refractivity contribution in [1.82, 2.24) is 9.80 Å². The van der Waals surface area contributed by atoms with Gasteiger partial charge in [0, 0.05) is 17.8 Å². The maximum atomic E-state index is 13.7. The molecule has 0 radical (unpaired) electrons. The minimum Gasteiger partial charge on any atom is -0.317 e. The molecule has 2 aromatic rings. The van der Waals surface area contributed by atoms with E-state index >= 15 is 0 Å². The Morgan fingerprint density at radius 2 is 1.52 bits per heavy atom. The third-order valence-electron chi connectivity index (χ3n) is 8.40. The standard InChI is InChI=1S/C27H35N3O/c1-28(2)27(23-12-5-3-6-13-23)18-16-26(17-19-27)21-29(24-14-7-4-8-15-24)25(31)30(26)20-22-10-9-11-22/h3-8,12-15,22H,9-11,16-21H2,1-2H3/t26-,27+. The largest absolute Gasteiger partial charge is 0.325 e. The van der Waals surface area contributed by atoms with E-state index in [-0.39, 0.29) is 17.1 Å². The van der Waals surface area contributed by atoms with E-state index in [1.165, 1.54) is 24.8 Å². The third kappa shape index (κ3) is 3.45. The van der Waals surface area contributed by atoms with Crippen molar-refractivity contribution in [2.75, 3.05) is 32.1 Å². The summed E-state index contributed by atoms with van der Waals surface area (Å²) in [7, 11) is 4.43. The normalized spacial score (nSPS) is 29.1. The van der Waals surface area contributed by atoms with Gasteiger partial charge in [-0.15, -0.1) is 0 Å². The molecule has 1 aliphatic heterocycles. The van der Waals surface area contributed by atoms with Crippen molar-refractivity contribution in [3.63, 3.8) is 0 Å². The number of rotatable bonds is 5. The lowest BCUT2D eigenvalue weighted by Crippen LogP contribution is -2.56. The second-order valence-corrected chi connectivity index (χ2v) is 10.1. The van der Waals surface area contributed by atoms with Crippen LogP contribution >= 0.6 is 0 Å². The monoisotopic (exact) mass is 417 g/mol. The molecule has 1 saturated heterocycles. The van der Waals surface area contributed by atoms with Crippen molar-refractivity contribution in [2.45, 2.75) is 56.0 Å². The van der Waals surface area contributed by atoms with Gasteiger partial charge in [-0.1, -0.05) is 55.0 Å². The van der Waals surface area contributed by atoms with E-state index in [2.05, 4.69) is 66.4 Å². The summed E-state index contributed by atoms with van der Waals surface area (Å²) in [6.45, 7) is 1.75. The zero-order valence-corrected chi connectivity index (χ0v) is 19.0. The Kier molecular flexibility index (Phi) is 5.29. The highest BCUT2D eigenvalue weighted by molar-refractivity contribution is 5.95. The molecular formula is C27H35N3O. The molecule has 0 aromatic heterocycles. The minimum atomic E-state index is -0.0448. The van der Waals surface area contributed by atoms with E-state index in [1.807, 2.05) is 23.1 Å². The molecule has 4 heteroatoms. The summed E-state index contributed by atoms with van der Waals surface area (Å²) in [5.41, 5.74) is 2.45. The molecule has 31 heavy (non-hydrogen) atoms. The van der Waals surface area contributed by atoms with Gasteiger partial charge in [-0.3, -0.25) is 9.80 Å². The Labute approximate surface area is 186 Å². The van der Waals surface area contributed by atoms with Crippen molar-refractivity contribution in [2.24, 2.45) is 5.92 Å². The summed E-state index contributed by atoms with van der Waals surface area (Å²) in [6, 6.07) is 21.5. The molecule has 2 aromatic carbocycles. The van der Waals surface area contributed by atoms with Gasteiger partial charge in [-0.2, -0.15) is 0 Å². The molecule has 0 atom stereocenters. The summed E-state index contributed by atoms with van der Waals surface area (Å²) < 4.78 is 0. The van der Waals surface area contributed by atoms with Gasteiger partial charge in [0.2, 0.25) is 0 Å². The number of anilines is 1. The van der Waals surface area contributed by atoms with Crippen LogP contribution in [0.15, 0.2) is 60.7 Å². The van der Waals surface area contributed by atoms with Crippen LogP contribution < -0.4 is 4.90 Å². The molecule has 2 aliphatic carbocycles. The van der Waals surface area contributed by atoms with E-state index in [4.69, 9.17) is 0 Å². The SMILES string of the molecule is CN(C)[C@]1(c2ccccc2)CC[C@]2(CC1)CN(c1ccccc1)C(=O)N2CC1CCC1. The highest BCUT2D eigenvalue weighted by atomic mass is 16.2. The number of amides is 2. The molecule has 1 spiro atoms. The smallest absolute Gasteiger partial charge is 0.317 e. The van der Waals surface area contributed by atoms with Gasteiger partial charge in [0.15, 0.2) is 0 Å². The second-order valence-electron chi connectivity index (χ2n) is 10.1. The lowest BCUT2D eigenvalue weighted by molar-refractivity contribution is 0.0172. The fourth-order valence-corrected chi connectivity index (χ4v) is 6.11. The minimum absolute atomic E-state index is 0.0448. The van der Waals surface area contributed by atoms with Gasteiger partial charge >= 0.3 is 6.03 Å². The molecule has 2 saturated carbocycles. The highest BCUT2D eigenvalue weighted by Crippen LogP contribution is 2.50. The zero-order chi connectivity index (χ0) is 21.5. The van der Waals surface area contributed by atoms with Crippen LogP contribution in [0.2, 0.25) is 0 Å². The van der Waals surface area contributed by atoms with E-state index in [1.54, 1.807) is 0 Å². The fraction of sp³-hybridized carbons (Fsp3) is 0.519. The molecule has 5 rings (SSSR count). The predicted octanol–water partition coefficient (Wildman–Crippen LogP) is 5.50. The quantitative estimate of drug-likeness (QED) is 0.642. The molecule has 0 bridgehead atoms. The maximum Gasteiger partial charge on any atom is 0.325 e. The Hall–Kier alpha value is -2.33. The summed E-state index contributed by atoms with van der Waals surface area (Å²) in [5.74, 6) is 0.686. The van der Waals surface area contributed by atoms with Crippen molar-refractivity contribution in [3.8, 4) is 0 Å². The maximum absolute atomic E-state index is 13.7. The summed E-state index contributed by atoms with van der Waals surface area (Å²) in [4.78, 5) is 20.4. The van der Waals surface area contributed by atoms with Gasteiger partial charge in [0.25, 0.3) is 0 Å². The second kappa shape index (κ2) is 7.98. The van der Waals surface area contributed by atoms with Crippen LogP contribution in [0.25, 0.3) is 0 Å². The van der Waals surface area contributed by atoms with E-state index < -0.39 is 0 Å². The van der Waals surface area contributed by atoms with Crippen LogP contribution in [0, 0.1) is 5.92 Å². The summed E-state index contributed by atoms with van der Waals surface area (Å²) in [5, 5.41) is 0. The number of carbonyl (C=O) groups excluding carboxylic acids is 1. The Bertz CT molecular complexity index is 899. The molecule has 3 fully saturated rings. The van der Waals surface area contributed by atoms with Gasteiger partial charge in [-0.25, -0.2) is 4.79 Å². The van der Waals surface area contributed by atoms with Crippen molar-refractivity contribution < 1.29 is 4.79 Å². The Morgan fingerprint density at radius 3 is 2.06 bits per heavy atom. The van der Waals surface area contributed by atoms with Gasteiger partial charge in [0.05, 0.1) is 12.1 Å². The van der Waals surface area contributed by atoms with Crippen LogP contribution in [-0.4, -0.2) is 48.6 Å². The number of hydrogen-bond donors (Lipinski definition) is 0.